The second kappa shape index (κ2) is 5.57. The fourth-order valence-electron chi connectivity index (χ4n) is 0.528. The minimum absolute atomic E-state index is 0.294. The average molecular weight is 174 g/mol. The van der Waals surface area contributed by atoms with Crippen LogP contribution < -0.4 is 0 Å². The van der Waals surface area contributed by atoms with Crippen molar-refractivity contribution in [3.63, 3.8) is 0 Å². The van der Waals surface area contributed by atoms with Gasteiger partial charge in [0.2, 0.25) is 0 Å². The maximum absolute atomic E-state index is 10.7. The highest BCUT2D eigenvalue weighted by molar-refractivity contribution is 5.90. The van der Waals surface area contributed by atoms with Gasteiger partial charge < -0.3 is 9.84 Å². The van der Waals surface area contributed by atoms with Crippen LogP contribution in [-0.2, 0) is 14.3 Å². The molecule has 0 saturated heterocycles. The molecule has 0 aliphatic carbocycles. The third kappa shape index (κ3) is 5.70. The van der Waals surface area contributed by atoms with Gasteiger partial charge in [-0.25, -0.2) is 0 Å². The molecule has 4 heteroatoms. The normalized spacial score (nSPS) is 12.2. The predicted octanol–water partition coefficient (Wildman–Crippen LogP) is 1.05. The van der Waals surface area contributed by atoms with E-state index in [2.05, 4.69) is 4.74 Å². The summed E-state index contributed by atoms with van der Waals surface area (Å²) >= 11 is 0. The molecule has 0 bridgehead atoms. The minimum Gasteiger partial charge on any atom is -0.481 e. The maximum atomic E-state index is 10.7. The number of hydrogen-bond acceptors (Lipinski definition) is 3. The number of aliphatic carboxylic acids is 1. The molecule has 1 N–H and O–H groups in total. The van der Waals surface area contributed by atoms with Gasteiger partial charge in [-0.2, -0.15) is 0 Å². The zero-order chi connectivity index (χ0) is 9.56. The summed E-state index contributed by atoms with van der Waals surface area (Å²) < 4.78 is 4.69. The van der Waals surface area contributed by atoms with E-state index in [-0.39, 0.29) is 0 Å². The van der Waals surface area contributed by atoms with Gasteiger partial charge in [0.1, 0.15) is 6.42 Å². The van der Waals surface area contributed by atoms with Crippen LogP contribution in [0.3, 0.4) is 0 Å². The molecule has 0 aromatic carbocycles. The van der Waals surface area contributed by atoms with Gasteiger partial charge in [0.25, 0.3) is 0 Å². The van der Waals surface area contributed by atoms with Crippen molar-refractivity contribution in [3.8, 4) is 0 Å². The first-order chi connectivity index (χ1) is 5.56. The van der Waals surface area contributed by atoms with Gasteiger partial charge >= 0.3 is 11.9 Å². The van der Waals surface area contributed by atoms with Gasteiger partial charge in [0, 0.05) is 0 Å². The van der Waals surface area contributed by atoms with E-state index in [1.807, 2.05) is 13.8 Å². The third-order valence-electron chi connectivity index (χ3n) is 1.52. The summed E-state index contributed by atoms with van der Waals surface area (Å²) in [6.07, 6.45) is 0.372. The standard InChI is InChI=1S/C8H14O4/c1-3-6(2)5-12-8(11)4-7(9)10/h6H,3-5H2,1-2H3,(H,9,10). The van der Waals surface area contributed by atoms with Gasteiger partial charge in [-0.1, -0.05) is 20.3 Å². The number of hydrogen-bond donors (Lipinski definition) is 1. The van der Waals surface area contributed by atoms with Gasteiger partial charge in [-0.15, -0.1) is 0 Å². The maximum Gasteiger partial charge on any atom is 0.317 e. The molecule has 0 aliphatic rings. The van der Waals surface area contributed by atoms with Crippen LogP contribution in [0.2, 0.25) is 0 Å². The smallest absolute Gasteiger partial charge is 0.317 e. The first kappa shape index (κ1) is 10.9. The number of ether oxygens (including phenoxy) is 1. The number of rotatable bonds is 5. The molecule has 0 rings (SSSR count). The van der Waals surface area contributed by atoms with E-state index in [4.69, 9.17) is 5.11 Å². The summed E-state index contributed by atoms with van der Waals surface area (Å²) in [7, 11) is 0. The van der Waals surface area contributed by atoms with Crippen molar-refractivity contribution < 1.29 is 19.4 Å². The molecule has 0 amide bonds. The van der Waals surface area contributed by atoms with Crippen molar-refractivity contribution in [2.75, 3.05) is 6.61 Å². The molecule has 0 spiro atoms. The van der Waals surface area contributed by atoms with Crippen molar-refractivity contribution in [1.29, 1.82) is 0 Å². The Labute approximate surface area is 71.5 Å². The van der Waals surface area contributed by atoms with E-state index in [1.54, 1.807) is 0 Å². The fraction of sp³-hybridized carbons (Fsp3) is 0.750. The lowest BCUT2D eigenvalue weighted by Crippen LogP contribution is -2.14. The minimum atomic E-state index is -1.15. The molecular formula is C8H14O4. The van der Waals surface area contributed by atoms with Crippen molar-refractivity contribution in [2.24, 2.45) is 5.92 Å². The van der Waals surface area contributed by atoms with Gasteiger partial charge in [0.15, 0.2) is 0 Å². The molecule has 4 nitrogen and oxygen atoms in total. The zero-order valence-electron chi connectivity index (χ0n) is 7.37. The second-order valence-electron chi connectivity index (χ2n) is 2.77. The molecule has 0 aromatic rings. The third-order valence-corrected chi connectivity index (χ3v) is 1.52. The molecule has 12 heavy (non-hydrogen) atoms. The predicted molar refractivity (Wildman–Crippen MR) is 42.7 cm³/mol. The Morgan fingerprint density at radius 1 is 1.50 bits per heavy atom. The lowest BCUT2D eigenvalue weighted by molar-refractivity contribution is -0.152. The highest BCUT2D eigenvalue weighted by atomic mass is 16.5. The summed E-state index contributed by atoms with van der Waals surface area (Å²) in [4.78, 5) is 20.7. The summed E-state index contributed by atoms with van der Waals surface area (Å²) in [5, 5.41) is 8.21. The first-order valence-electron chi connectivity index (χ1n) is 3.93. The molecular weight excluding hydrogens is 160 g/mol. The number of esters is 1. The molecule has 0 aliphatic heterocycles. The van der Waals surface area contributed by atoms with Crippen molar-refractivity contribution in [2.45, 2.75) is 26.7 Å². The molecule has 0 saturated carbocycles. The van der Waals surface area contributed by atoms with Crippen LogP contribution in [0.1, 0.15) is 26.7 Å². The Hall–Kier alpha value is -1.06. The Balaban J connectivity index is 3.50. The van der Waals surface area contributed by atoms with Gasteiger partial charge in [-0.05, 0) is 5.92 Å². The number of carboxylic acid groups (broad SMARTS) is 1. The largest absolute Gasteiger partial charge is 0.481 e. The highest BCUT2D eigenvalue weighted by Crippen LogP contribution is 2.01. The molecule has 1 atom stereocenters. The molecule has 0 radical (unpaired) electrons. The molecule has 1 unspecified atom stereocenters. The Morgan fingerprint density at radius 3 is 2.50 bits per heavy atom. The number of carbonyl (C=O) groups excluding carboxylic acids is 1. The van der Waals surface area contributed by atoms with E-state index >= 15 is 0 Å². The quantitative estimate of drug-likeness (QED) is 0.499. The summed E-state index contributed by atoms with van der Waals surface area (Å²) in [6.45, 7) is 4.23. The van der Waals surface area contributed by atoms with Crippen LogP contribution in [0.4, 0.5) is 0 Å². The average Bonchev–Trinajstić information content (AvgIpc) is 1.99. The number of carboxylic acids is 1. The number of carbonyl (C=O) groups is 2. The van der Waals surface area contributed by atoms with E-state index in [0.29, 0.717) is 12.5 Å². The lowest BCUT2D eigenvalue weighted by Gasteiger charge is -2.07. The van der Waals surface area contributed by atoms with Crippen LogP contribution in [0, 0.1) is 5.92 Å². The van der Waals surface area contributed by atoms with E-state index in [9.17, 15) is 9.59 Å². The lowest BCUT2D eigenvalue weighted by atomic mass is 10.1. The van der Waals surface area contributed by atoms with Crippen LogP contribution in [0.15, 0.2) is 0 Å². The van der Waals surface area contributed by atoms with Crippen molar-refractivity contribution >= 4 is 11.9 Å². The van der Waals surface area contributed by atoms with Gasteiger partial charge in [0.05, 0.1) is 6.61 Å². The van der Waals surface area contributed by atoms with Crippen molar-refractivity contribution in [3.05, 3.63) is 0 Å². The van der Waals surface area contributed by atoms with E-state index in [1.165, 1.54) is 0 Å². The van der Waals surface area contributed by atoms with Gasteiger partial charge in [-0.3, -0.25) is 9.59 Å². The zero-order valence-corrected chi connectivity index (χ0v) is 7.37. The van der Waals surface area contributed by atoms with Crippen molar-refractivity contribution in [1.82, 2.24) is 0 Å². The van der Waals surface area contributed by atoms with Crippen LogP contribution in [-0.4, -0.2) is 23.7 Å². The van der Waals surface area contributed by atoms with E-state index < -0.39 is 18.4 Å². The highest BCUT2D eigenvalue weighted by Gasteiger charge is 2.09. The Bertz CT molecular complexity index is 164. The first-order valence-corrected chi connectivity index (χ1v) is 3.93. The Kier molecular flexibility index (Phi) is 5.08. The monoisotopic (exact) mass is 174 g/mol. The molecule has 0 aromatic heterocycles. The summed E-state index contributed by atoms with van der Waals surface area (Å²) in [5.41, 5.74) is 0. The Morgan fingerprint density at radius 2 is 2.08 bits per heavy atom. The van der Waals surface area contributed by atoms with E-state index in [0.717, 1.165) is 6.42 Å². The molecule has 0 heterocycles. The SMILES string of the molecule is CCC(C)COC(=O)CC(=O)O. The molecule has 0 fully saturated rings. The summed E-state index contributed by atoms with van der Waals surface area (Å²) in [6, 6.07) is 0. The fourth-order valence-corrected chi connectivity index (χ4v) is 0.528. The molecule has 70 valence electrons. The van der Waals surface area contributed by atoms with Crippen LogP contribution >= 0.6 is 0 Å². The second-order valence-corrected chi connectivity index (χ2v) is 2.77. The van der Waals surface area contributed by atoms with Crippen LogP contribution in [0.25, 0.3) is 0 Å². The van der Waals surface area contributed by atoms with Crippen LogP contribution in [0.5, 0.6) is 0 Å². The topological polar surface area (TPSA) is 63.6 Å². The summed E-state index contributed by atoms with van der Waals surface area (Å²) in [5.74, 6) is -1.52.